The van der Waals surface area contributed by atoms with Gasteiger partial charge in [-0.3, -0.25) is 4.79 Å². The molecular formula is C24H23NO4. The predicted molar refractivity (Wildman–Crippen MR) is 110 cm³/mol. The molecule has 3 aromatic carbocycles. The van der Waals surface area contributed by atoms with Crippen LogP contribution in [-0.4, -0.2) is 18.5 Å². The van der Waals surface area contributed by atoms with Gasteiger partial charge in [0.1, 0.15) is 12.4 Å². The van der Waals surface area contributed by atoms with Gasteiger partial charge in [-0.2, -0.15) is 0 Å². The van der Waals surface area contributed by atoms with E-state index in [2.05, 4.69) is 5.32 Å². The summed E-state index contributed by atoms with van der Waals surface area (Å²) in [5.74, 6) is -0.366. The Kier molecular flexibility index (Phi) is 7.00. The molecular weight excluding hydrogens is 366 g/mol. The van der Waals surface area contributed by atoms with Gasteiger partial charge in [0.05, 0.1) is 11.6 Å². The topological polar surface area (TPSA) is 64.6 Å². The average Bonchev–Trinajstić information content (AvgIpc) is 2.77. The van der Waals surface area contributed by atoms with E-state index in [-0.39, 0.29) is 18.6 Å². The number of carbonyl (C=O) groups excluding carboxylic acids is 2. The van der Waals surface area contributed by atoms with Crippen molar-refractivity contribution >= 4 is 11.9 Å². The normalized spacial score (nSPS) is 11.3. The molecule has 148 valence electrons. The van der Waals surface area contributed by atoms with E-state index in [4.69, 9.17) is 9.47 Å². The maximum Gasteiger partial charge on any atom is 0.338 e. The molecule has 5 nitrogen and oxygen atoms in total. The van der Waals surface area contributed by atoms with Crippen LogP contribution in [0.1, 0.15) is 34.5 Å². The number of nitrogens with one attached hydrogen (secondary N) is 1. The van der Waals surface area contributed by atoms with Crippen molar-refractivity contribution in [3.63, 3.8) is 0 Å². The van der Waals surface area contributed by atoms with Gasteiger partial charge in [0.2, 0.25) is 0 Å². The van der Waals surface area contributed by atoms with Gasteiger partial charge in [0, 0.05) is 0 Å². The van der Waals surface area contributed by atoms with Crippen molar-refractivity contribution in [2.75, 3.05) is 6.61 Å². The minimum atomic E-state index is -0.572. The molecule has 0 saturated carbocycles. The highest BCUT2D eigenvalue weighted by Gasteiger charge is 2.13. The van der Waals surface area contributed by atoms with Gasteiger partial charge in [-0.15, -0.1) is 0 Å². The third-order valence-electron chi connectivity index (χ3n) is 4.33. The molecule has 0 aliphatic heterocycles. The van der Waals surface area contributed by atoms with Gasteiger partial charge in [-0.25, -0.2) is 4.79 Å². The standard InChI is InChI=1S/C24H23NO4/c1-18(20-11-6-3-7-12-20)25-23(26)17-29-24(27)21-13-8-14-22(15-21)28-16-19-9-4-2-5-10-19/h2-15,18H,16-17H2,1H3,(H,25,26)/t18-/m1/s1. The zero-order chi connectivity index (χ0) is 20.5. The van der Waals surface area contributed by atoms with Crippen LogP contribution in [0.3, 0.4) is 0 Å². The van der Waals surface area contributed by atoms with E-state index in [1.54, 1.807) is 24.3 Å². The third-order valence-corrected chi connectivity index (χ3v) is 4.33. The number of esters is 1. The van der Waals surface area contributed by atoms with Gasteiger partial charge >= 0.3 is 5.97 Å². The fraction of sp³-hybridized carbons (Fsp3) is 0.167. The van der Waals surface area contributed by atoms with Crippen LogP contribution in [0.5, 0.6) is 5.75 Å². The molecule has 1 atom stereocenters. The first-order valence-electron chi connectivity index (χ1n) is 9.40. The van der Waals surface area contributed by atoms with Crippen molar-refractivity contribution in [3.8, 4) is 5.75 Å². The van der Waals surface area contributed by atoms with Crippen LogP contribution in [-0.2, 0) is 16.1 Å². The van der Waals surface area contributed by atoms with Crippen molar-refractivity contribution in [3.05, 3.63) is 102 Å². The van der Waals surface area contributed by atoms with E-state index < -0.39 is 5.97 Å². The summed E-state index contributed by atoms with van der Waals surface area (Å²) < 4.78 is 10.9. The van der Waals surface area contributed by atoms with E-state index in [1.807, 2.05) is 67.6 Å². The summed E-state index contributed by atoms with van der Waals surface area (Å²) in [6.07, 6.45) is 0. The molecule has 5 heteroatoms. The van der Waals surface area contributed by atoms with Crippen molar-refractivity contribution in [2.24, 2.45) is 0 Å². The zero-order valence-corrected chi connectivity index (χ0v) is 16.2. The summed E-state index contributed by atoms with van der Waals surface area (Å²) in [6.45, 7) is 1.94. The number of ether oxygens (including phenoxy) is 2. The molecule has 0 fully saturated rings. The Labute approximate surface area is 170 Å². The maximum atomic E-state index is 12.3. The van der Waals surface area contributed by atoms with Crippen LogP contribution < -0.4 is 10.1 Å². The van der Waals surface area contributed by atoms with E-state index >= 15 is 0 Å². The van der Waals surface area contributed by atoms with Crippen LogP contribution in [0.25, 0.3) is 0 Å². The molecule has 1 amide bonds. The largest absolute Gasteiger partial charge is 0.489 e. The second-order valence-electron chi connectivity index (χ2n) is 6.58. The van der Waals surface area contributed by atoms with Crippen molar-refractivity contribution in [1.82, 2.24) is 5.32 Å². The summed E-state index contributed by atoms with van der Waals surface area (Å²) in [5.41, 5.74) is 2.35. The van der Waals surface area contributed by atoms with Crippen LogP contribution in [0.15, 0.2) is 84.9 Å². The highest BCUT2D eigenvalue weighted by Crippen LogP contribution is 2.16. The van der Waals surface area contributed by atoms with E-state index in [9.17, 15) is 9.59 Å². The lowest BCUT2D eigenvalue weighted by Crippen LogP contribution is -2.31. The Balaban J connectivity index is 1.49. The fourth-order valence-corrected chi connectivity index (χ4v) is 2.78. The minimum Gasteiger partial charge on any atom is -0.489 e. The Hall–Kier alpha value is -3.60. The van der Waals surface area contributed by atoms with Crippen molar-refractivity contribution in [1.29, 1.82) is 0 Å². The van der Waals surface area contributed by atoms with Gasteiger partial charge in [-0.05, 0) is 36.2 Å². The Morgan fingerprint density at radius 1 is 0.897 bits per heavy atom. The van der Waals surface area contributed by atoms with Gasteiger partial charge in [0.25, 0.3) is 5.91 Å². The lowest BCUT2D eigenvalue weighted by Gasteiger charge is -2.14. The summed E-state index contributed by atoms with van der Waals surface area (Å²) in [6, 6.07) is 25.9. The quantitative estimate of drug-likeness (QED) is 0.584. The van der Waals surface area contributed by atoms with Crippen molar-refractivity contribution in [2.45, 2.75) is 19.6 Å². The summed E-state index contributed by atoms with van der Waals surface area (Å²) >= 11 is 0. The monoisotopic (exact) mass is 389 g/mol. The molecule has 0 heterocycles. The van der Waals surface area contributed by atoms with Crippen LogP contribution in [0.4, 0.5) is 0 Å². The fourth-order valence-electron chi connectivity index (χ4n) is 2.78. The summed E-state index contributed by atoms with van der Waals surface area (Å²) in [4.78, 5) is 24.3. The predicted octanol–water partition coefficient (Wildman–Crippen LogP) is 4.30. The number of rotatable bonds is 8. The average molecular weight is 389 g/mol. The number of benzene rings is 3. The first-order chi connectivity index (χ1) is 14.1. The lowest BCUT2D eigenvalue weighted by molar-refractivity contribution is -0.124. The molecule has 0 unspecified atom stereocenters. The van der Waals surface area contributed by atoms with Crippen LogP contribution in [0, 0.1) is 0 Å². The Morgan fingerprint density at radius 2 is 1.59 bits per heavy atom. The molecule has 0 saturated heterocycles. The molecule has 0 radical (unpaired) electrons. The molecule has 0 bridgehead atoms. The zero-order valence-electron chi connectivity index (χ0n) is 16.2. The molecule has 3 aromatic rings. The highest BCUT2D eigenvalue weighted by molar-refractivity contribution is 5.91. The summed E-state index contributed by atoms with van der Waals surface area (Å²) in [7, 11) is 0. The first kappa shape index (κ1) is 20.1. The molecule has 3 rings (SSSR count). The molecule has 0 aromatic heterocycles. The second-order valence-corrected chi connectivity index (χ2v) is 6.58. The maximum absolute atomic E-state index is 12.3. The van der Waals surface area contributed by atoms with E-state index in [1.165, 1.54) is 0 Å². The van der Waals surface area contributed by atoms with Crippen LogP contribution in [0.2, 0.25) is 0 Å². The van der Waals surface area contributed by atoms with Crippen LogP contribution >= 0.6 is 0 Å². The van der Waals surface area contributed by atoms with Gasteiger partial charge < -0.3 is 14.8 Å². The minimum absolute atomic E-state index is 0.169. The van der Waals surface area contributed by atoms with Gasteiger partial charge in [-0.1, -0.05) is 66.7 Å². The molecule has 0 aliphatic rings. The van der Waals surface area contributed by atoms with Gasteiger partial charge in [0.15, 0.2) is 6.61 Å². The number of amides is 1. The van der Waals surface area contributed by atoms with Crippen molar-refractivity contribution < 1.29 is 19.1 Å². The molecule has 0 spiro atoms. The highest BCUT2D eigenvalue weighted by atomic mass is 16.5. The first-order valence-corrected chi connectivity index (χ1v) is 9.40. The SMILES string of the molecule is C[C@@H](NC(=O)COC(=O)c1cccc(OCc2ccccc2)c1)c1ccccc1. The Morgan fingerprint density at radius 3 is 2.31 bits per heavy atom. The summed E-state index contributed by atoms with van der Waals surface area (Å²) in [5, 5.41) is 2.81. The number of carbonyl (C=O) groups is 2. The third kappa shape index (κ3) is 6.21. The number of hydrogen-bond donors (Lipinski definition) is 1. The van der Waals surface area contributed by atoms with E-state index in [0.717, 1.165) is 11.1 Å². The smallest absolute Gasteiger partial charge is 0.338 e. The van der Waals surface area contributed by atoms with E-state index in [0.29, 0.717) is 17.9 Å². The Bertz CT molecular complexity index is 941. The molecule has 0 aliphatic carbocycles. The second kappa shape index (κ2) is 10.1. The molecule has 29 heavy (non-hydrogen) atoms. The molecule has 1 N–H and O–H groups in total. The lowest BCUT2D eigenvalue weighted by atomic mass is 10.1. The number of hydrogen-bond acceptors (Lipinski definition) is 4.